The van der Waals surface area contributed by atoms with Gasteiger partial charge in [0, 0.05) is 19.2 Å². The number of aliphatic hydroxyl groups excluding tert-OH is 1. The zero-order chi connectivity index (χ0) is 13.9. The first-order valence-corrected chi connectivity index (χ1v) is 7.34. The molecule has 1 aromatic carbocycles. The van der Waals surface area contributed by atoms with Crippen molar-refractivity contribution in [1.82, 2.24) is 4.90 Å². The number of aliphatic hydroxyl groups is 1. The molecule has 2 fully saturated rings. The van der Waals surface area contributed by atoms with Crippen LogP contribution in [-0.2, 0) is 11.3 Å². The maximum atomic E-state index is 12.2. The van der Waals surface area contributed by atoms with Crippen LogP contribution in [0.4, 0.5) is 4.79 Å². The summed E-state index contributed by atoms with van der Waals surface area (Å²) in [4.78, 5) is 14.1. The van der Waals surface area contributed by atoms with Gasteiger partial charge in [-0.3, -0.25) is 0 Å². The van der Waals surface area contributed by atoms with E-state index in [4.69, 9.17) is 4.74 Å². The zero-order valence-corrected chi connectivity index (χ0v) is 11.6. The van der Waals surface area contributed by atoms with E-state index in [-0.39, 0.29) is 18.7 Å². The molecule has 1 aromatic rings. The van der Waals surface area contributed by atoms with Crippen LogP contribution in [0.15, 0.2) is 30.3 Å². The molecule has 1 aliphatic heterocycles. The number of benzene rings is 1. The lowest BCUT2D eigenvalue weighted by Gasteiger charge is -2.28. The van der Waals surface area contributed by atoms with Gasteiger partial charge in [-0.1, -0.05) is 30.3 Å². The minimum atomic E-state index is -0.208. The van der Waals surface area contributed by atoms with Gasteiger partial charge < -0.3 is 14.7 Å². The molecule has 3 rings (SSSR count). The van der Waals surface area contributed by atoms with E-state index in [0.717, 1.165) is 31.4 Å². The van der Waals surface area contributed by atoms with Crippen molar-refractivity contribution in [2.24, 2.45) is 11.8 Å². The van der Waals surface area contributed by atoms with E-state index >= 15 is 0 Å². The molecule has 1 heterocycles. The molecule has 2 aliphatic rings. The predicted molar refractivity (Wildman–Crippen MR) is 75.0 cm³/mol. The van der Waals surface area contributed by atoms with Crippen molar-refractivity contribution < 1.29 is 14.6 Å². The molecule has 0 spiro atoms. The summed E-state index contributed by atoms with van der Waals surface area (Å²) in [5.74, 6) is 0.890. The van der Waals surface area contributed by atoms with E-state index < -0.39 is 0 Å². The van der Waals surface area contributed by atoms with Crippen molar-refractivity contribution in [3.63, 3.8) is 0 Å². The van der Waals surface area contributed by atoms with Crippen LogP contribution in [-0.4, -0.2) is 35.3 Å². The molecule has 108 valence electrons. The van der Waals surface area contributed by atoms with Crippen LogP contribution in [0.2, 0.25) is 0 Å². The molecule has 2 bridgehead atoms. The summed E-state index contributed by atoms with van der Waals surface area (Å²) in [6, 6.07) is 10.0. The van der Waals surface area contributed by atoms with Gasteiger partial charge in [-0.25, -0.2) is 4.79 Å². The van der Waals surface area contributed by atoms with Crippen LogP contribution in [0.3, 0.4) is 0 Å². The van der Waals surface area contributed by atoms with E-state index in [1.165, 1.54) is 0 Å². The molecule has 1 saturated heterocycles. The average molecular weight is 275 g/mol. The lowest BCUT2D eigenvalue weighted by Crippen LogP contribution is -2.36. The van der Waals surface area contributed by atoms with Gasteiger partial charge in [-0.2, -0.15) is 0 Å². The Morgan fingerprint density at radius 1 is 1.25 bits per heavy atom. The zero-order valence-electron chi connectivity index (χ0n) is 11.6. The van der Waals surface area contributed by atoms with Gasteiger partial charge >= 0.3 is 6.09 Å². The van der Waals surface area contributed by atoms with Gasteiger partial charge in [0.25, 0.3) is 0 Å². The van der Waals surface area contributed by atoms with Crippen molar-refractivity contribution in [3.8, 4) is 0 Å². The van der Waals surface area contributed by atoms with Crippen molar-refractivity contribution in [2.45, 2.75) is 31.9 Å². The topological polar surface area (TPSA) is 49.8 Å². The Morgan fingerprint density at radius 2 is 2.05 bits per heavy atom. The fraction of sp³-hybridized carbons (Fsp3) is 0.562. The highest BCUT2D eigenvalue weighted by Crippen LogP contribution is 2.38. The highest BCUT2D eigenvalue weighted by Gasteiger charge is 2.41. The number of carbonyl (C=O) groups is 1. The standard InChI is InChI=1S/C16H21NO3/c18-10-14-6-13-7-15(8-14)17(9-13)16(19)20-11-12-4-2-1-3-5-12/h1-5,13-15,18H,6-11H2/t13-,14-,15-/m1/s1. The molecule has 1 amide bonds. The second-order valence-corrected chi connectivity index (χ2v) is 5.97. The molecule has 0 unspecified atom stereocenters. The Bertz CT molecular complexity index is 462. The van der Waals surface area contributed by atoms with Crippen LogP contribution in [0, 0.1) is 11.8 Å². The van der Waals surface area contributed by atoms with Crippen molar-refractivity contribution in [2.75, 3.05) is 13.2 Å². The van der Waals surface area contributed by atoms with Gasteiger partial charge in [0.2, 0.25) is 0 Å². The summed E-state index contributed by atoms with van der Waals surface area (Å²) in [7, 11) is 0. The summed E-state index contributed by atoms with van der Waals surface area (Å²) in [5, 5.41) is 9.30. The maximum absolute atomic E-state index is 12.2. The number of amides is 1. The maximum Gasteiger partial charge on any atom is 0.410 e. The Labute approximate surface area is 119 Å². The van der Waals surface area contributed by atoms with E-state index in [1.807, 2.05) is 35.2 Å². The van der Waals surface area contributed by atoms with Crippen LogP contribution in [0.5, 0.6) is 0 Å². The van der Waals surface area contributed by atoms with Crippen molar-refractivity contribution >= 4 is 6.09 Å². The van der Waals surface area contributed by atoms with Gasteiger partial charge in [0.15, 0.2) is 0 Å². The normalized spacial score (nSPS) is 28.4. The highest BCUT2D eigenvalue weighted by atomic mass is 16.6. The lowest BCUT2D eigenvalue weighted by atomic mass is 9.82. The molecular formula is C16H21NO3. The Morgan fingerprint density at radius 3 is 2.80 bits per heavy atom. The van der Waals surface area contributed by atoms with E-state index in [9.17, 15) is 9.90 Å². The molecule has 20 heavy (non-hydrogen) atoms. The van der Waals surface area contributed by atoms with Crippen LogP contribution in [0.1, 0.15) is 24.8 Å². The molecule has 0 aromatic heterocycles. The Hall–Kier alpha value is -1.55. The van der Waals surface area contributed by atoms with Crippen LogP contribution < -0.4 is 0 Å². The number of ether oxygens (including phenoxy) is 1. The van der Waals surface area contributed by atoms with E-state index in [0.29, 0.717) is 18.4 Å². The largest absolute Gasteiger partial charge is 0.445 e. The summed E-state index contributed by atoms with van der Waals surface area (Å²) >= 11 is 0. The minimum absolute atomic E-state index is 0.208. The van der Waals surface area contributed by atoms with E-state index in [1.54, 1.807) is 0 Å². The Kier molecular flexibility index (Phi) is 3.92. The summed E-state index contributed by atoms with van der Waals surface area (Å²) in [5.41, 5.74) is 1.01. The first kappa shape index (κ1) is 13.4. The van der Waals surface area contributed by atoms with Crippen molar-refractivity contribution in [1.29, 1.82) is 0 Å². The van der Waals surface area contributed by atoms with Crippen LogP contribution >= 0.6 is 0 Å². The smallest absolute Gasteiger partial charge is 0.410 e. The fourth-order valence-electron chi connectivity index (χ4n) is 3.54. The van der Waals surface area contributed by atoms with Crippen LogP contribution in [0.25, 0.3) is 0 Å². The molecule has 4 heteroatoms. The molecule has 1 N–H and O–H groups in total. The minimum Gasteiger partial charge on any atom is -0.445 e. The van der Waals surface area contributed by atoms with E-state index in [2.05, 4.69) is 0 Å². The first-order chi connectivity index (χ1) is 9.76. The molecule has 0 radical (unpaired) electrons. The average Bonchev–Trinajstić information content (AvgIpc) is 2.80. The second kappa shape index (κ2) is 5.83. The third-order valence-corrected chi connectivity index (χ3v) is 4.47. The molecule has 1 aliphatic carbocycles. The third-order valence-electron chi connectivity index (χ3n) is 4.47. The third kappa shape index (κ3) is 2.80. The monoisotopic (exact) mass is 275 g/mol. The number of carbonyl (C=O) groups excluding carboxylic acids is 1. The van der Waals surface area contributed by atoms with Crippen molar-refractivity contribution in [3.05, 3.63) is 35.9 Å². The SMILES string of the molecule is O=C(OCc1ccccc1)N1C[C@@H]2C[C@@H](CO)C[C@H]1C2. The highest BCUT2D eigenvalue weighted by molar-refractivity contribution is 5.68. The first-order valence-electron chi connectivity index (χ1n) is 7.34. The quantitative estimate of drug-likeness (QED) is 0.921. The van der Waals surface area contributed by atoms with Gasteiger partial charge in [-0.15, -0.1) is 0 Å². The van der Waals surface area contributed by atoms with Gasteiger partial charge in [0.05, 0.1) is 0 Å². The number of nitrogens with zero attached hydrogens (tertiary/aromatic N) is 1. The number of hydrogen-bond acceptors (Lipinski definition) is 3. The number of likely N-dealkylation sites (tertiary alicyclic amines) is 1. The fourth-order valence-corrected chi connectivity index (χ4v) is 3.54. The molecule has 1 saturated carbocycles. The van der Waals surface area contributed by atoms with Gasteiger partial charge in [-0.05, 0) is 36.7 Å². The summed E-state index contributed by atoms with van der Waals surface area (Å²) in [6.45, 7) is 1.35. The predicted octanol–water partition coefficient (Wildman–Crippen LogP) is 2.42. The molecule has 4 nitrogen and oxygen atoms in total. The Balaban J connectivity index is 1.56. The van der Waals surface area contributed by atoms with Gasteiger partial charge in [0.1, 0.15) is 6.61 Å². The summed E-state index contributed by atoms with van der Waals surface area (Å²) < 4.78 is 5.41. The number of fused-ring (bicyclic) bond motifs is 2. The molecule has 3 atom stereocenters. The second-order valence-electron chi connectivity index (χ2n) is 5.97. The number of hydrogen-bond donors (Lipinski definition) is 1. The molecular weight excluding hydrogens is 254 g/mol. The summed E-state index contributed by atoms with van der Waals surface area (Å²) in [6.07, 6.45) is 2.81. The lowest BCUT2D eigenvalue weighted by molar-refractivity contribution is 0.0867. The number of rotatable bonds is 3.